The maximum Gasteiger partial charge on any atom is 0.332 e. The summed E-state index contributed by atoms with van der Waals surface area (Å²) in [6.07, 6.45) is 2.65. The van der Waals surface area contributed by atoms with Crippen LogP contribution in [0.3, 0.4) is 0 Å². The predicted octanol–water partition coefficient (Wildman–Crippen LogP) is 1.18. The van der Waals surface area contributed by atoms with Gasteiger partial charge in [-0.25, -0.2) is 4.79 Å². The first kappa shape index (κ1) is 14.3. The van der Waals surface area contributed by atoms with E-state index < -0.39 is 5.97 Å². The van der Waals surface area contributed by atoms with E-state index in [0.29, 0.717) is 12.1 Å². The molecule has 1 heterocycles. The Morgan fingerprint density at radius 2 is 2.17 bits per heavy atom. The van der Waals surface area contributed by atoms with Crippen molar-refractivity contribution in [2.24, 2.45) is 0 Å². The zero-order valence-electron chi connectivity index (χ0n) is 6.82. The molecule has 72 valence electrons. The molecule has 0 saturated heterocycles. The third-order valence-corrected chi connectivity index (χ3v) is 1.62. The minimum atomic E-state index is -0.786. The average Bonchev–Trinajstić information content (AvgIpc) is 1.88. The second kappa shape index (κ2) is 6.29. The summed E-state index contributed by atoms with van der Waals surface area (Å²) in [4.78, 5) is 12.4. The van der Waals surface area contributed by atoms with E-state index in [1.807, 2.05) is 11.9 Å². The van der Waals surface area contributed by atoms with Gasteiger partial charge in [0.05, 0.1) is 0 Å². The van der Waals surface area contributed by atoms with E-state index in [1.54, 1.807) is 6.08 Å². The number of aliphatic carboxylic acids is 1. The number of likely N-dealkylation sites (N-methyl/N-ethyl adjacent to an activating group) is 1. The van der Waals surface area contributed by atoms with Crippen molar-refractivity contribution in [3.63, 3.8) is 0 Å². The number of carboxylic acid groups (broad SMARTS) is 1. The molecule has 0 atom stereocenters. The number of hydrogen-bond acceptors (Lipinski definition) is 2. The van der Waals surface area contributed by atoms with Crippen LogP contribution in [0.15, 0.2) is 11.6 Å². The van der Waals surface area contributed by atoms with Crippen molar-refractivity contribution in [1.82, 2.24) is 4.90 Å². The standard InChI is InChI=1S/C7H11NO2.2ClH/c1-8-4-2-3-6(5-8)7(9)10;;/h3H,2,4-5H2,1H3,(H,9,10);2*1H. The number of nitrogens with zero attached hydrogens (tertiary/aromatic N) is 1. The molecular formula is C7H13Cl2NO2. The number of halogens is 2. The fourth-order valence-electron chi connectivity index (χ4n) is 1.05. The summed E-state index contributed by atoms with van der Waals surface area (Å²) in [5.74, 6) is -0.786. The molecule has 1 aliphatic rings. The van der Waals surface area contributed by atoms with Gasteiger partial charge in [0.15, 0.2) is 0 Å². The third-order valence-electron chi connectivity index (χ3n) is 1.62. The fraction of sp³-hybridized carbons (Fsp3) is 0.571. The molecule has 0 radical (unpaired) electrons. The van der Waals surface area contributed by atoms with Gasteiger partial charge < -0.3 is 10.0 Å². The predicted molar refractivity (Wildman–Crippen MR) is 52.3 cm³/mol. The lowest BCUT2D eigenvalue weighted by molar-refractivity contribution is -0.133. The van der Waals surface area contributed by atoms with Crippen LogP contribution in [0.4, 0.5) is 0 Å². The van der Waals surface area contributed by atoms with E-state index in [9.17, 15) is 4.79 Å². The van der Waals surface area contributed by atoms with E-state index in [0.717, 1.165) is 13.0 Å². The summed E-state index contributed by atoms with van der Waals surface area (Å²) in [5, 5.41) is 8.56. The molecule has 0 fully saturated rings. The van der Waals surface area contributed by atoms with Gasteiger partial charge >= 0.3 is 5.97 Å². The molecule has 0 amide bonds. The minimum Gasteiger partial charge on any atom is -0.478 e. The van der Waals surface area contributed by atoms with Gasteiger partial charge in [0, 0.05) is 18.7 Å². The Kier molecular flexibility index (Phi) is 7.48. The zero-order valence-corrected chi connectivity index (χ0v) is 8.45. The van der Waals surface area contributed by atoms with Crippen LogP contribution < -0.4 is 0 Å². The first-order chi connectivity index (χ1) is 4.70. The first-order valence-corrected chi connectivity index (χ1v) is 3.31. The fourth-order valence-corrected chi connectivity index (χ4v) is 1.05. The van der Waals surface area contributed by atoms with Crippen molar-refractivity contribution >= 4 is 30.8 Å². The molecule has 1 aliphatic heterocycles. The molecule has 0 bridgehead atoms. The Bertz CT molecular complexity index is 182. The van der Waals surface area contributed by atoms with Gasteiger partial charge in [-0.15, -0.1) is 24.8 Å². The van der Waals surface area contributed by atoms with E-state index in [1.165, 1.54) is 0 Å². The summed E-state index contributed by atoms with van der Waals surface area (Å²) in [6.45, 7) is 1.55. The van der Waals surface area contributed by atoms with Crippen molar-refractivity contribution < 1.29 is 9.90 Å². The first-order valence-electron chi connectivity index (χ1n) is 3.31. The maximum absolute atomic E-state index is 10.4. The molecular weight excluding hydrogens is 201 g/mol. The number of carbonyl (C=O) groups is 1. The van der Waals surface area contributed by atoms with Crippen LogP contribution in [0.25, 0.3) is 0 Å². The molecule has 3 nitrogen and oxygen atoms in total. The number of carboxylic acids is 1. The van der Waals surface area contributed by atoms with Crippen LogP contribution in [0.5, 0.6) is 0 Å². The highest BCUT2D eigenvalue weighted by molar-refractivity contribution is 5.87. The molecule has 1 N–H and O–H groups in total. The second-order valence-electron chi connectivity index (χ2n) is 2.56. The van der Waals surface area contributed by atoms with E-state index in [-0.39, 0.29) is 24.8 Å². The Balaban J connectivity index is 0. The molecule has 0 aromatic heterocycles. The number of rotatable bonds is 1. The second-order valence-corrected chi connectivity index (χ2v) is 2.56. The molecule has 0 unspecified atom stereocenters. The normalized spacial score (nSPS) is 16.9. The van der Waals surface area contributed by atoms with Gasteiger partial charge in [-0.1, -0.05) is 6.08 Å². The van der Waals surface area contributed by atoms with Crippen LogP contribution in [0.2, 0.25) is 0 Å². The lowest BCUT2D eigenvalue weighted by atomic mass is 10.1. The van der Waals surface area contributed by atoms with Crippen molar-refractivity contribution in [3.05, 3.63) is 11.6 Å². The molecule has 12 heavy (non-hydrogen) atoms. The van der Waals surface area contributed by atoms with Crippen molar-refractivity contribution in [1.29, 1.82) is 0 Å². The Hall–Kier alpha value is -0.250. The topological polar surface area (TPSA) is 40.5 Å². The van der Waals surface area contributed by atoms with Crippen molar-refractivity contribution in [2.45, 2.75) is 6.42 Å². The number of hydrogen-bond donors (Lipinski definition) is 1. The highest BCUT2D eigenvalue weighted by Gasteiger charge is 2.13. The monoisotopic (exact) mass is 213 g/mol. The van der Waals surface area contributed by atoms with E-state index >= 15 is 0 Å². The smallest absolute Gasteiger partial charge is 0.332 e. The molecule has 0 spiro atoms. The summed E-state index contributed by atoms with van der Waals surface area (Å²) in [5.41, 5.74) is 0.522. The SMILES string of the molecule is CN1CCC=C(C(=O)O)C1.Cl.Cl. The van der Waals surface area contributed by atoms with Gasteiger partial charge in [0.25, 0.3) is 0 Å². The van der Waals surface area contributed by atoms with Gasteiger partial charge in [-0.2, -0.15) is 0 Å². The molecule has 5 heteroatoms. The quantitative estimate of drug-likeness (QED) is 0.712. The molecule has 0 aromatic carbocycles. The van der Waals surface area contributed by atoms with Crippen molar-refractivity contribution in [2.75, 3.05) is 20.1 Å². The Morgan fingerprint density at radius 1 is 1.58 bits per heavy atom. The van der Waals surface area contributed by atoms with Crippen LogP contribution >= 0.6 is 24.8 Å². The third kappa shape index (κ3) is 3.95. The molecule has 0 aromatic rings. The highest BCUT2D eigenvalue weighted by atomic mass is 35.5. The minimum absolute atomic E-state index is 0. The summed E-state index contributed by atoms with van der Waals surface area (Å²) in [6, 6.07) is 0. The average molecular weight is 214 g/mol. The van der Waals surface area contributed by atoms with E-state index in [4.69, 9.17) is 5.11 Å². The van der Waals surface area contributed by atoms with E-state index in [2.05, 4.69) is 0 Å². The molecule has 1 rings (SSSR count). The van der Waals surface area contributed by atoms with Crippen LogP contribution in [0, 0.1) is 0 Å². The Labute approximate surface area is 84.3 Å². The van der Waals surface area contributed by atoms with Gasteiger partial charge in [0.2, 0.25) is 0 Å². The maximum atomic E-state index is 10.4. The summed E-state index contributed by atoms with van der Waals surface area (Å²) in [7, 11) is 1.93. The summed E-state index contributed by atoms with van der Waals surface area (Å²) >= 11 is 0. The Morgan fingerprint density at radius 3 is 2.50 bits per heavy atom. The molecule has 0 saturated carbocycles. The largest absolute Gasteiger partial charge is 0.478 e. The zero-order chi connectivity index (χ0) is 7.56. The van der Waals surface area contributed by atoms with Gasteiger partial charge in [0.1, 0.15) is 0 Å². The van der Waals surface area contributed by atoms with Crippen LogP contribution in [-0.4, -0.2) is 36.1 Å². The highest BCUT2D eigenvalue weighted by Crippen LogP contribution is 2.06. The lowest BCUT2D eigenvalue weighted by Crippen LogP contribution is -2.28. The molecule has 0 aliphatic carbocycles. The van der Waals surface area contributed by atoms with Crippen LogP contribution in [-0.2, 0) is 4.79 Å². The van der Waals surface area contributed by atoms with Gasteiger partial charge in [-0.3, -0.25) is 0 Å². The van der Waals surface area contributed by atoms with Crippen LogP contribution in [0.1, 0.15) is 6.42 Å². The van der Waals surface area contributed by atoms with Crippen molar-refractivity contribution in [3.8, 4) is 0 Å². The van der Waals surface area contributed by atoms with Gasteiger partial charge in [-0.05, 0) is 13.5 Å². The summed E-state index contributed by atoms with van der Waals surface area (Å²) < 4.78 is 0. The lowest BCUT2D eigenvalue weighted by Gasteiger charge is -2.20.